The van der Waals surface area contributed by atoms with Gasteiger partial charge in [0.1, 0.15) is 0 Å². The highest BCUT2D eigenvalue weighted by atomic mass is 16.5. The first-order valence-electron chi connectivity index (χ1n) is 8.52. The summed E-state index contributed by atoms with van der Waals surface area (Å²) in [5, 5.41) is 16.3. The summed E-state index contributed by atoms with van der Waals surface area (Å²) >= 11 is 0. The molecule has 0 atom stereocenters. The highest BCUT2D eigenvalue weighted by molar-refractivity contribution is 5.79. The molecule has 1 aromatic carbocycles. The molecule has 5 heteroatoms. The van der Waals surface area contributed by atoms with E-state index in [0.29, 0.717) is 11.7 Å². The smallest absolute Gasteiger partial charge is 0.191 e. The molecule has 0 radical (unpaired) electrons. The Morgan fingerprint density at radius 2 is 1.96 bits per heavy atom. The monoisotopic (exact) mass is 321 g/mol. The van der Waals surface area contributed by atoms with Gasteiger partial charge in [-0.05, 0) is 37.0 Å². The van der Waals surface area contributed by atoms with Crippen LogP contribution in [0.25, 0.3) is 0 Å². The number of guanidine groups is 1. The summed E-state index contributed by atoms with van der Waals surface area (Å²) in [7, 11) is 1.56. The van der Waals surface area contributed by atoms with Crippen molar-refractivity contribution in [3.63, 3.8) is 0 Å². The van der Waals surface area contributed by atoms with Gasteiger partial charge in [-0.1, -0.05) is 32.8 Å². The number of rotatable bonds is 9. The zero-order valence-electron chi connectivity index (χ0n) is 14.9. The van der Waals surface area contributed by atoms with Crippen LogP contribution in [0.3, 0.4) is 0 Å². The molecule has 0 fully saturated rings. The minimum atomic E-state index is 0.171. The molecule has 1 rings (SSSR count). The number of ether oxygens (including phenoxy) is 1. The molecule has 0 saturated carbocycles. The normalized spacial score (nSPS) is 11.6. The Balaban J connectivity index is 2.53. The van der Waals surface area contributed by atoms with E-state index in [1.165, 1.54) is 0 Å². The van der Waals surface area contributed by atoms with E-state index in [1.54, 1.807) is 13.2 Å². The summed E-state index contributed by atoms with van der Waals surface area (Å²) in [6.07, 6.45) is 3.16. The van der Waals surface area contributed by atoms with Crippen LogP contribution in [0.4, 0.5) is 0 Å². The van der Waals surface area contributed by atoms with E-state index in [2.05, 4.69) is 36.4 Å². The molecule has 23 heavy (non-hydrogen) atoms. The van der Waals surface area contributed by atoms with Gasteiger partial charge >= 0.3 is 0 Å². The van der Waals surface area contributed by atoms with Crippen LogP contribution in [-0.4, -0.2) is 37.8 Å². The molecular weight excluding hydrogens is 290 g/mol. The maximum Gasteiger partial charge on any atom is 0.191 e. The standard InChI is InChI=1S/C18H31N3O2/c1-5-14(6-2)13-21-18(19-7-3)20-11-10-15-8-9-16(22)17(12-15)23-4/h8-9,12,14,22H,5-7,10-11,13H2,1-4H3,(H2,19,20,21). The van der Waals surface area contributed by atoms with Crippen LogP contribution in [0.2, 0.25) is 0 Å². The van der Waals surface area contributed by atoms with Crippen molar-refractivity contribution < 1.29 is 9.84 Å². The molecule has 0 aromatic heterocycles. The molecule has 0 spiro atoms. The van der Waals surface area contributed by atoms with Crippen molar-refractivity contribution in [2.45, 2.75) is 40.0 Å². The third kappa shape index (κ3) is 6.80. The Labute approximate surface area is 140 Å². The van der Waals surface area contributed by atoms with Crippen molar-refractivity contribution in [2.24, 2.45) is 10.9 Å². The number of hydrogen-bond acceptors (Lipinski definition) is 3. The fraction of sp³-hybridized carbons (Fsp3) is 0.611. The Morgan fingerprint density at radius 1 is 1.22 bits per heavy atom. The van der Waals surface area contributed by atoms with Gasteiger partial charge in [0.15, 0.2) is 17.5 Å². The maximum absolute atomic E-state index is 9.62. The predicted octanol–water partition coefficient (Wildman–Crippen LogP) is 2.93. The van der Waals surface area contributed by atoms with Gasteiger partial charge in [0.25, 0.3) is 0 Å². The molecule has 0 amide bonds. The summed E-state index contributed by atoms with van der Waals surface area (Å²) in [6.45, 7) is 8.98. The molecule has 0 unspecified atom stereocenters. The van der Waals surface area contributed by atoms with Crippen molar-refractivity contribution in [1.29, 1.82) is 0 Å². The largest absolute Gasteiger partial charge is 0.504 e. The van der Waals surface area contributed by atoms with E-state index in [1.807, 2.05) is 12.1 Å². The Kier molecular flexibility index (Phi) is 8.95. The Hall–Kier alpha value is -1.91. The second-order valence-corrected chi connectivity index (χ2v) is 5.59. The van der Waals surface area contributed by atoms with Gasteiger partial charge < -0.3 is 20.5 Å². The van der Waals surface area contributed by atoms with E-state index in [0.717, 1.165) is 50.4 Å². The second kappa shape index (κ2) is 10.8. The molecule has 5 nitrogen and oxygen atoms in total. The highest BCUT2D eigenvalue weighted by Crippen LogP contribution is 2.26. The molecule has 0 aliphatic heterocycles. The van der Waals surface area contributed by atoms with Crippen LogP contribution in [0.1, 0.15) is 39.2 Å². The first-order valence-corrected chi connectivity index (χ1v) is 8.52. The van der Waals surface area contributed by atoms with Gasteiger partial charge in [0.2, 0.25) is 0 Å². The molecule has 0 heterocycles. The zero-order valence-corrected chi connectivity index (χ0v) is 14.9. The van der Waals surface area contributed by atoms with E-state index in [9.17, 15) is 5.11 Å². The van der Waals surface area contributed by atoms with E-state index in [-0.39, 0.29) is 5.75 Å². The van der Waals surface area contributed by atoms with Gasteiger partial charge in [-0.2, -0.15) is 0 Å². The summed E-state index contributed by atoms with van der Waals surface area (Å²) in [5.41, 5.74) is 1.11. The lowest BCUT2D eigenvalue weighted by Crippen LogP contribution is -2.38. The zero-order chi connectivity index (χ0) is 17.1. The average molecular weight is 321 g/mol. The third-order valence-electron chi connectivity index (χ3n) is 3.96. The fourth-order valence-corrected chi connectivity index (χ4v) is 2.31. The maximum atomic E-state index is 9.62. The molecule has 0 aliphatic rings. The summed E-state index contributed by atoms with van der Waals surface area (Å²) in [6, 6.07) is 5.44. The molecular formula is C18H31N3O2. The summed E-state index contributed by atoms with van der Waals surface area (Å²) in [5.74, 6) is 2.19. The second-order valence-electron chi connectivity index (χ2n) is 5.59. The van der Waals surface area contributed by atoms with Crippen molar-refractivity contribution in [3.05, 3.63) is 23.8 Å². The Bertz CT molecular complexity index is 485. The van der Waals surface area contributed by atoms with Crippen LogP contribution in [0.15, 0.2) is 23.2 Å². The van der Waals surface area contributed by atoms with Crippen LogP contribution >= 0.6 is 0 Å². The Morgan fingerprint density at radius 3 is 2.57 bits per heavy atom. The number of nitrogens with zero attached hydrogens (tertiary/aromatic N) is 1. The third-order valence-corrected chi connectivity index (χ3v) is 3.96. The molecule has 3 N–H and O–H groups in total. The summed E-state index contributed by atoms with van der Waals surface area (Å²) < 4.78 is 5.13. The lowest BCUT2D eigenvalue weighted by Gasteiger charge is -2.14. The van der Waals surface area contributed by atoms with Gasteiger partial charge in [-0.15, -0.1) is 0 Å². The first-order chi connectivity index (χ1) is 11.1. The molecule has 0 bridgehead atoms. The van der Waals surface area contributed by atoms with E-state index >= 15 is 0 Å². The number of phenols is 1. The lowest BCUT2D eigenvalue weighted by molar-refractivity contribution is 0.373. The quantitative estimate of drug-likeness (QED) is 0.483. The SMILES string of the molecule is CCNC(=NCC(CC)CC)NCCc1ccc(O)c(OC)c1. The van der Waals surface area contributed by atoms with Crippen LogP contribution in [-0.2, 0) is 6.42 Å². The number of aliphatic imine (C=N–C) groups is 1. The number of hydrogen-bond donors (Lipinski definition) is 3. The van der Waals surface area contributed by atoms with Crippen molar-refractivity contribution in [3.8, 4) is 11.5 Å². The first kappa shape index (κ1) is 19.1. The summed E-state index contributed by atoms with van der Waals surface area (Å²) in [4.78, 5) is 4.66. The number of benzene rings is 1. The van der Waals surface area contributed by atoms with Crippen molar-refractivity contribution >= 4 is 5.96 Å². The van der Waals surface area contributed by atoms with Crippen LogP contribution in [0.5, 0.6) is 11.5 Å². The van der Waals surface area contributed by atoms with Gasteiger partial charge in [-0.3, -0.25) is 4.99 Å². The van der Waals surface area contributed by atoms with E-state index < -0.39 is 0 Å². The fourth-order valence-electron chi connectivity index (χ4n) is 2.31. The minimum Gasteiger partial charge on any atom is -0.504 e. The van der Waals surface area contributed by atoms with Gasteiger partial charge in [0.05, 0.1) is 7.11 Å². The van der Waals surface area contributed by atoms with Crippen molar-refractivity contribution in [1.82, 2.24) is 10.6 Å². The van der Waals surface area contributed by atoms with Gasteiger partial charge in [-0.25, -0.2) is 0 Å². The lowest BCUT2D eigenvalue weighted by atomic mass is 10.0. The number of nitrogens with one attached hydrogen (secondary N) is 2. The molecule has 1 aromatic rings. The predicted molar refractivity (Wildman–Crippen MR) is 96.4 cm³/mol. The van der Waals surface area contributed by atoms with Crippen LogP contribution < -0.4 is 15.4 Å². The van der Waals surface area contributed by atoms with Crippen molar-refractivity contribution in [2.75, 3.05) is 26.7 Å². The van der Waals surface area contributed by atoms with Crippen LogP contribution in [0, 0.1) is 5.92 Å². The molecule has 0 saturated heterocycles. The topological polar surface area (TPSA) is 65.9 Å². The average Bonchev–Trinajstić information content (AvgIpc) is 2.57. The molecule has 130 valence electrons. The highest BCUT2D eigenvalue weighted by Gasteiger charge is 2.05. The number of methoxy groups -OCH3 is 1. The number of phenolic OH excluding ortho intramolecular Hbond substituents is 1. The van der Waals surface area contributed by atoms with E-state index in [4.69, 9.17) is 4.74 Å². The molecule has 0 aliphatic carbocycles. The minimum absolute atomic E-state index is 0.171. The number of aromatic hydroxyl groups is 1. The van der Waals surface area contributed by atoms with Gasteiger partial charge in [0, 0.05) is 19.6 Å².